The number of benzene rings is 3. The summed E-state index contributed by atoms with van der Waals surface area (Å²) in [6.07, 6.45) is 5.34. The van der Waals surface area contributed by atoms with E-state index in [0.717, 1.165) is 22.4 Å². The Hall–Kier alpha value is -2.70. The highest BCUT2D eigenvalue weighted by atomic mass is 32.2. The van der Waals surface area contributed by atoms with Crippen LogP contribution in [0.15, 0.2) is 87.5 Å². The summed E-state index contributed by atoms with van der Waals surface area (Å²) in [4.78, 5) is 1.81. The minimum Gasteiger partial charge on any atom is -0.506 e. The molecule has 142 valence electrons. The zero-order chi connectivity index (χ0) is 19.6. The van der Waals surface area contributed by atoms with Gasteiger partial charge < -0.3 is 5.11 Å². The van der Waals surface area contributed by atoms with E-state index >= 15 is 0 Å². The van der Waals surface area contributed by atoms with E-state index < -0.39 is 10.0 Å². The fourth-order valence-corrected chi connectivity index (χ4v) is 5.20. The number of fused-ring (bicyclic) bond motifs is 1. The van der Waals surface area contributed by atoms with Crippen LogP contribution in [0.2, 0.25) is 0 Å². The van der Waals surface area contributed by atoms with Crippen LogP contribution in [0.5, 0.6) is 5.75 Å². The van der Waals surface area contributed by atoms with E-state index in [-0.39, 0.29) is 10.6 Å². The van der Waals surface area contributed by atoms with E-state index in [9.17, 15) is 13.5 Å². The zero-order valence-electron chi connectivity index (χ0n) is 15.0. The van der Waals surface area contributed by atoms with Crippen molar-refractivity contribution in [2.45, 2.75) is 27.5 Å². The van der Waals surface area contributed by atoms with Crippen LogP contribution < -0.4 is 4.72 Å². The van der Waals surface area contributed by atoms with Crippen molar-refractivity contribution >= 4 is 33.5 Å². The lowest BCUT2D eigenvalue weighted by Crippen LogP contribution is -2.15. The first-order valence-corrected chi connectivity index (χ1v) is 11.2. The summed E-state index contributed by atoms with van der Waals surface area (Å²) in [6, 6.07) is 19.7. The van der Waals surface area contributed by atoms with Gasteiger partial charge in [0.1, 0.15) is 5.75 Å². The minimum atomic E-state index is -3.72. The molecule has 28 heavy (non-hydrogen) atoms. The molecule has 0 fully saturated rings. The van der Waals surface area contributed by atoms with E-state index in [2.05, 4.69) is 4.72 Å². The largest absolute Gasteiger partial charge is 0.506 e. The minimum absolute atomic E-state index is 0.203. The molecule has 6 heteroatoms. The van der Waals surface area contributed by atoms with E-state index in [0.29, 0.717) is 17.0 Å². The molecule has 0 unspecified atom stereocenters. The van der Waals surface area contributed by atoms with E-state index in [1.807, 2.05) is 42.5 Å². The van der Waals surface area contributed by atoms with Gasteiger partial charge in [0.15, 0.2) is 0 Å². The van der Waals surface area contributed by atoms with Crippen LogP contribution in [-0.2, 0) is 16.4 Å². The van der Waals surface area contributed by atoms with Crippen LogP contribution in [0.1, 0.15) is 17.5 Å². The number of hydrogen-bond acceptors (Lipinski definition) is 4. The summed E-state index contributed by atoms with van der Waals surface area (Å²) < 4.78 is 28.4. The van der Waals surface area contributed by atoms with Gasteiger partial charge in [-0.2, -0.15) is 0 Å². The van der Waals surface area contributed by atoms with Gasteiger partial charge in [0, 0.05) is 16.0 Å². The van der Waals surface area contributed by atoms with Gasteiger partial charge in [0.05, 0.1) is 15.5 Å². The SMILES string of the molecule is O=S(=O)(Nc1cc(Sc2ccccc2)c(O)c2c1C=CCC2)c1ccccc1. The molecule has 0 aromatic heterocycles. The average Bonchev–Trinajstić information content (AvgIpc) is 2.73. The molecule has 4 nitrogen and oxygen atoms in total. The van der Waals surface area contributed by atoms with Crippen molar-refractivity contribution < 1.29 is 13.5 Å². The molecular weight excluding hydrogens is 390 g/mol. The molecule has 3 aromatic carbocycles. The molecule has 4 rings (SSSR count). The fourth-order valence-electron chi connectivity index (χ4n) is 3.17. The number of nitrogens with one attached hydrogen (secondary N) is 1. The van der Waals surface area contributed by atoms with Gasteiger partial charge in [-0.15, -0.1) is 0 Å². The van der Waals surface area contributed by atoms with E-state index in [1.54, 1.807) is 36.4 Å². The Bertz CT molecular complexity index is 1130. The van der Waals surface area contributed by atoms with Gasteiger partial charge in [0.25, 0.3) is 10.0 Å². The third-order valence-corrected chi connectivity index (χ3v) is 6.94. The highest BCUT2D eigenvalue weighted by molar-refractivity contribution is 7.99. The number of aromatic hydroxyl groups is 1. The van der Waals surface area contributed by atoms with Crippen molar-refractivity contribution in [3.8, 4) is 5.75 Å². The molecule has 0 saturated heterocycles. The predicted octanol–water partition coefficient (Wildman–Crippen LogP) is 5.30. The number of anilines is 1. The maximum Gasteiger partial charge on any atom is 0.261 e. The topological polar surface area (TPSA) is 66.4 Å². The molecule has 2 N–H and O–H groups in total. The average molecular weight is 410 g/mol. The molecule has 0 radical (unpaired) electrons. The second-order valence-corrected chi connectivity index (χ2v) is 9.24. The van der Waals surface area contributed by atoms with Crippen LogP contribution in [0.25, 0.3) is 6.08 Å². The van der Waals surface area contributed by atoms with Crippen molar-refractivity contribution in [2.24, 2.45) is 0 Å². The highest BCUT2D eigenvalue weighted by Gasteiger charge is 2.22. The highest BCUT2D eigenvalue weighted by Crippen LogP contribution is 2.43. The quantitative estimate of drug-likeness (QED) is 0.561. The van der Waals surface area contributed by atoms with E-state index in [4.69, 9.17) is 0 Å². The second-order valence-electron chi connectivity index (χ2n) is 6.44. The Morgan fingerprint density at radius 3 is 2.36 bits per heavy atom. The Morgan fingerprint density at radius 1 is 0.964 bits per heavy atom. The second kappa shape index (κ2) is 7.73. The molecule has 1 aliphatic carbocycles. The summed E-state index contributed by atoms with van der Waals surface area (Å²) in [5.74, 6) is 0.218. The summed E-state index contributed by atoms with van der Waals surface area (Å²) in [5.41, 5.74) is 1.97. The maximum atomic E-state index is 12.8. The third kappa shape index (κ3) is 3.79. The number of hydrogen-bond donors (Lipinski definition) is 2. The fraction of sp³-hybridized carbons (Fsp3) is 0.0909. The van der Waals surface area contributed by atoms with Gasteiger partial charge in [-0.05, 0) is 43.2 Å². The van der Waals surface area contributed by atoms with Crippen LogP contribution in [0.4, 0.5) is 5.69 Å². The third-order valence-electron chi connectivity index (χ3n) is 4.52. The van der Waals surface area contributed by atoms with Crippen LogP contribution in [0, 0.1) is 0 Å². The molecule has 0 saturated carbocycles. The summed E-state index contributed by atoms with van der Waals surface area (Å²) >= 11 is 1.41. The number of allylic oxidation sites excluding steroid dienone is 1. The lowest BCUT2D eigenvalue weighted by molar-refractivity contribution is 0.454. The summed E-state index contributed by atoms with van der Waals surface area (Å²) in [7, 11) is -3.72. The Kier molecular flexibility index (Phi) is 5.15. The Balaban J connectivity index is 1.78. The molecule has 0 spiro atoms. The van der Waals surface area contributed by atoms with Gasteiger partial charge in [-0.25, -0.2) is 8.42 Å². The molecule has 0 heterocycles. The van der Waals surface area contributed by atoms with Gasteiger partial charge in [-0.1, -0.05) is 60.3 Å². The van der Waals surface area contributed by atoms with Crippen molar-refractivity contribution in [1.29, 1.82) is 0 Å². The molecule has 0 aliphatic heterocycles. The lowest BCUT2D eigenvalue weighted by atomic mass is 9.95. The van der Waals surface area contributed by atoms with Gasteiger partial charge >= 0.3 is 0 Å². The van der Waals surface area contributed by atoms with Crippen LogP contribution >= 0.6 is 11.8 Å². The predicted molar refractivity (Wildman–Crippen MR) is 113 cm³/mol. The number of phenolic OH excluding ortho intramolecular Hbond substituents is 1. The summed E-state index contributed by atoms with van der Waals surface area (Å²) in [5, 5.41) is 10.8. The van der Waals surface area contributed by atoms with Gasteiger partial charge in [0.2, 0.25) is 0 Å². The molecule has 1 aliphatic rings. The smallest absolute Gasteiger partial charge is 0.261 e. The van der Waals surface area contributed by atoms with Crippen molar-refractivity contribution in [1.82, 2.24) is 0 Å². The summed E-state index contributed by atoms with van der Waals surface area (Å²) in [6.45, 7) is 0. The Morgan fingerprint density at radius 2 is 1.64 bits per heavy atom. The first-order valence-electron chi connectivity index (χ1n) is 8.91. The van der Waals surface area contributed by atoms with E-state index in [1.165, 1.54) is 11.8 Å². The standard InChI is InChI=1S/C22H19NO3S2/c24-22-19-14-8-7-13-18(19)20(15-21(22)27-16-9-3-1-4-10-16)23-28(25,26)17-11-5-2-6-12-17/h1-7,9-13,15,23-24H,8,14H2. The molecular formula is C22H19NO3S2. The van der Waals surface area contributed by atoms with Crippen molar-refractivity contribution in [2.75, 3.05) is 4.72 Å². The van der Waals surface area contributed by atoms with Crippen molar-refractivity contribution in [3.63, 3.8) is 0 Å². The normalized spacial score (nSPS) is 13.1. The number of phenols is 1. The molecule has 0 atom stereocenters. The first kappa shape index (κ1) is 18.7. The zero-order valence-corrected chi connectivity index (χ0v) is 16.6. The number of sulfonamides is 1. The monoisotopic (exact) mass is 409 g/mol. The molecule has 3 aromatic rings. The molecule has 0 bridgehead atoms. The van der Waals surface area contributed by atoms with Gasteiger partial charge in [-0.3, -0.25) is 4.72 Å². The first-order chi connectivity index (χ1) is 13.5. The molecule has 0 amide bonds. The lowest BCUT2D eigenvalue weighted by Gasteiger charge is -2.20. The van der Waals surface area contributed by atoms with Crippen LogP contribution in [0.3, 0.4) is 0 Å². The Labute approximate surface area is 169 Å². The van der Waals surface area contributed by atoms with Crippen LogP contribution in [-0.4, -0.2) is 13.5 Å². The number of rotatable bonds is 5. The van der Waals surface area contributed by atoms with Crippen molar-refractivity contribution in [3.05, 3.63) is 83.9 Å². The maximum absolute atomic E-state index is 12.8.